The molecule has 0 saturated carbocycles. The maximum Gasteiger partial charge on any atom is 0.274 e. The zero-order chi connectivity index (χ0) is 45.5. The van der Waals surface area contributed by atoms with Gasteiger partial charge in [0.15, 0.2) is 22.8 Å². The minimum atomic E-state index is -1.34. The number of aromatic nitrogens is 4. The molecule has 0 aliphatic carbocycles. The number of benzene rings is 1. The highest BCUT2D eigenvalue weighted by Crippen LogP contribution is 2.35. The third-order valence-electron chi connectivity index (χ3n) is 9.86. The number of oxazole rings is 4. The molecule has 4 atom stereocenters. The Morgan fingerprint density at radius 1 is 0.887 bits per heavy atom. The number of hydrogen-bond acceptors (Lipinski definition) is 15. The van der Waals surface area contributed by atoms with Crippen LogP contribution in [0, 0.1) is 18.8 Å². The summed E-state index contributed by atoms with van der Waals surface area (Å²) in [6.45, 7) is 14.5. The van der Waals surface area contributed by atoms with Crippen LogP contribution in [0.3, 0.4) is 0 Å². The van der Waals surface area contributed by atoms with Crippen LogP contribution >= 0.6 is 28.1 Å². The third-order valence-corrected chi connectivity index (χ3v) is 10.8. The summed E-state index contributed by atoms with van der Waals surface area (Å²) in [5, 5.41) is 8.88. The first kappa shape index (κ1) is 47.8. The molecule has 4 aromatic heterocycles. The number of amides is 3. The number of nitrogens with one attached hydrogen (secondary N) is 3. The summed E-state index contributed by atoms with van der Waals surface area (Å²) in [6.07, 6.45) is 3.13. The van der Waals surface area contributed by atoms with Gasteiger partial charge in [-0.1, -0.05) is 92.6 Å². The van der Waals surface area contributed by atoms with Gasteiger partial charge in [0.25, 0.3) is 17.6 Å². The summed E-state index contributed by atoms with van der Waals surface area (Å²) < 4.78 is 40.6. The molecule has 18 nitrogen and oxygen atoms in total. The number of hydrogen-bond donors (Lipinski definition) is 4. The van der Waals surface area contributed by atoms with Crippen LogP contribution in [0.5, 0.6) is 0 Å². The van der Waals surface area contributed by atoms with E-state index in [0.717, 1.165) is 0 Å². The van der Waals surface area contributed by atoms with Gasteiger partial charge < -0.3 is 53.6 Å². The van der Waals surface area contributed by atoms with Crippen LogP contribution in [-0.2, 0) is 29.6 Å². The summed E-state index contributed by atoms with van der Waals surface area (Å²) >= 11 is 8.38. The zero-order valence-corrected chi connectivity index (χ0v) is 38.7. The first-order chi connectivity index (χ1) is 29.3. The van der Waals surface area contributed by atoms with E-state index in [4.69, 9.17) is 49.8 Å². The second kappa shape index (κ2) is 20.3. The fourth-order valence-corrected chi connectivity index (χ4v) is 6.84. The van der Waals surface area contributed by atoms with Crippen LogP contribution in [0.15, 0.2) is 60.5 Å². The van der Waals surface area contributed by atoms with E-state index < -0.39 is 53.2 Å². The Bertz CT molecular complexity index is 2320. The molecular formula is C42H53BrN8O10S. The van der Waals surface area contributed by atoms with Gasteiger partial charge in [0, 0.05) is 19.8 Å². The number of aryl methyl sites for hydroxylation is 1. The predicted octanol–water partition coefficient (Wildman–Crippen LogP) is 6.38. The lowest BCUT2D eigenvalue weighted by Gasteiger charge is -2.29. The molecule has 20 heteroatoms. The van der Waals surface area contributed by atoms with Crippen molar-refractivity contribution in [2.75, 3.05) is 26.2 Å². The Labute approximate surface area is 373 Å². The van der Waals surface area contributed by atoms with Crippen molar-refractivity contribution in [2.24, 2.45) is 17.6 Å². The Balaban J connectivity index is 1.41. The van der Waals surface area contributed by atoms with Gasteiger partial charge in [-0.25, -0.2) is 19.9 Å². The largest absolute Gasteiger partial charge is 0.446 e. The monoisotopic (exact) mass is 940 g/mol. The smallest absolute Gasteiger partial charge is 0.274 e. The predicted molar refractivity (Wildman–Crippen MR) is 234 cm³/mol. The van der Waals surface area contributed by atoms with E-state index in [0.29, 0.717) is 17.7 Å². The highest BCUT2D eigenvalue weighted by atomic mass is 79.9. The number of nitrogens with zero attached hydrogens (tertiary/aromatic N) is 4. The lowest BCUT2D eigenvalue weighted by molar-refractivity contribution is -0.211. The number of nitrogens with two attached hydrogens (primary N) is 1. The van der Waals surface area contributed by atoms with Crippen LogP contribution in [0.25, 0.3) is 34.5 Å². The standard InChI is InChI=1S/C42H53BrN8O10S/c1-11-22(4)29(49-36(54)31-32(24-15-13-12-14-16-24)61-39(50-31)30-23(5)60-40(51-30)42(20-43,55-9)56-10)35(53)48-28(21(2)3)34(52)45-27(19-59-41(6,7)8)38-47-26(18-58-38)37-46-25(17-57-37)33(44)62/h12-18,21-22,27-29H,11,19-20H2,1-10H3,(H2,44,62)(H,45,52)(H,48,53)(H,49,54)/t22-,27-,28-,29+/m0/s1. The first-order valence-corrected chi connectivity index (χ1v) is 21.4. The van der Waals surface area contributed by atoms with Gasteiger partial charge >= 0.3 is 0 Å². The summed E-state index contributed by atoms with van der Waals surface area (Å²) in [5.74, 6) is -3.18. The molecule has 0 unspecified atom stereocenters. The zero-order valence-electron chi connectivity index (χ0n) is 36.3. The Kier molecular flexibility index (Phi) is 15.6. The van der Waals surface area contributed by atoms with E-state index in [-0.39, 0.29) is 74.9 Å². The maximum absolute atomic E-state index is 14.3. The van der Waals surface area contributed by atoms with Crippen LogP contribution in [-0.4, -0.2) is 86.5 Å². The number of alkyl halides is 1. The second-order valence-corrected chi connectivity index (χ2v) is 16.8. The number of thiocarbonyl (C=S) groups is 1. The molecule has 4 heterocycles. The van der Waals surface area contributed by atoms with Crippen LogP contribution in [0.4, 0.5) is 0 Å². The van der Waals surface area contributed by atoms with E-state index in [1.807, 2.05) is 40.7 Å². The summed E-state index contributed by atoms with van der Waals surface area (Å²) in [5.41, 5.74) is 6.27. The van der Waals surface area contributed by atoms with Crippen molar-refractivity contribution in [2.45, 2.75) is 91.3 Å². The fourth-order valence-electron chi connectivity index (χ4n) is 6.05. The van der Waals surface area contributed by atoms with E-state index >= 15 is 0 Å². The van der Waals surface area contributed by atoms with E-state index in [9.17, 15) is 14.4 Å². The van der Waals surface area contributed by atoms with Crippen molar-refractivity contribution in [3.63, 3.8) is 0 Å². The topological polar surface area (TPSA) is 245 Å². The Morgan fingerprint density at radius 2 is 1.56 bits per heavy atom. The number of ether oxygens (including phenoxy) is 3. The van der Waals surface area contributed by atoms with Gasteiger partial charge in [0.1, 0.15) is 47.1 Å². The summed E-state index contributed by atoms with van der Waals surface area (Å²) in [4.78, 5) is 60.7. The van der Waals surface area contributed by atoms with Gasteiger partial charge in [-0.3, -0.25) is 14.4 Å². The molecule has 0 aliphatic heterocycles. The summed E-state index contributed by atoms with van der Waals surface area (Å²) in [7, 11) is 2.91. The lowest BCUT2D eigenvalue weighted by atomic mass is 9.96. The molecule has 5 aromatic rings. The molecule has 0 fully saturated rings. The maximum atomic E-state index is 14.3. The number of carbonyl (C=O) groups is 3. The normalized spacial score (nSPS) is 14.0. The Hall–Kier alpha value is -5.28. The molecule has 0 aliphatic rings. The minimum absolute atomic E-state index is 0.00809. The average Bonchev–Trinajstić information content (AvgIpc) is 4.07. The summed E-state index contributed by atoms with van der Waals surface area (Å²) in [6, 6.07) is 5.86. The molecule has 62 heavy (non-hydrogen) atoms. The van der Waals surface area contributed by atoms with Gasteiger partial charge in [-0.15, -0.1) is 0 Å². The van der Waals surface area contributed by atoms with E-state index in [1.165, 1.54) is 26.7 Å². The van der Waals surface area contributed by atoms with E-state index in [1.54, 1.807) is 45.0 Å². The van der Waals surface area contributed by atoms with Gasteiger partial charge in [0.2, 0.25) is 29.5 Å². The number of halogens is 1. The number of carbonyl (C=O) groups excluding carboxylic acids is 3. The minimum Gasteiger partial charge on any atom is -0.446 e. The molecule has 334 valence electrons. The average molecular weight is 942 g/mol. The molecule has 5 rings (SSSR count). The number of rotatable bonds is 20. The quantitative estimate of drug-likeness (QED) is 0.0376. The lowest BCUT2D eigenvalue weighted by Crippen LogP contribution is -2.57. The van der Waals surface area contributed by atoms with E-state index in [2.05, 4.69) is 51.8 Å². The molecule has 5 N–H and O–H groups in total. The van der Waals surface area contributed by atoms with Gasteiger partial charge in [-0.05, 0) is 39.5 Å². The highest BCUT2D eigenvalue weighted by Gasteiger charge is 2.39. The molecule has 3 amide bonds. The van der Waals surface area contributed by atoms with Crippen molar-refractivity contribution in [1.29, 1.82) is 0 Å². The fraction of sp³-hybridized carbons (Fsp3) is 0.476. The molecule has 1 aromatic carbocycles. The number of methoxy groups -OCH3 is 2. The molecule has 0 radical (unpaired) electrons. The van der Waals surface area contributed by atoms with Crippen LogP contribution < -0.4 is 21.7 Å². The Morgan fingerprint density at radius 3 is 2.15 bits per heavy atom. The highest BCUT2D eigenvalue weighted by molar-refractivity contribution is 9.09. The molecular weight excluding hydrogens is 888 g/mol. The third kappa shape index (κ3) is 11.0. The van der Waals surface area contributed by atoms with Crippen molar-refractivity contribution < 1.29 is 46.3 Å². The van der Waals surface area contributed by atoms with Crippen LogP contribution in [0.2, 0.25) is 0 Å². The second-order valence-electron chi connectivity index (χ2n) is 15.8. The van der Waals surface area contributed by atoms with Crippen molar-refractivity contribution in [1.82, 2.24) is 35.9 Å². The molecule has 0 saturated heterocycles. The van der Waals surface area contributed by atoms with Crippen molar-refractivity contribution in [3.8, 4) is 34.5 Å². The van der Waals surface area contributed by atoms with Crippen molar-refractivity contribution in [3.05, 3.63) is 71.8 Å². The van der Waals surface area contributed by atoms with Crippen molar-refractivity contribution >= 4 is 50.9 Å². The van der Waals surface area contributed by atoms with Crippen LogP contribution in [0.1, 0.15) is 94.7 Å². The SMILES string of the molecule is CC[C@H](C)[C@@H](NC(=O)c1nc(-c2nc(C(CBr)(OC)OC)oc2C)oc1-c1ccccc1)C(=O)N[C@H](C(=O)N[C@@H](COC(C)(C)C)c1nc(-c2nc(C(N)=S)co2)co1)C(C)C. The molecule has 0 spiro atoms. The molecule has 0 bridgehead atoms. The van der Waals surface area contributed by atoms with Gasteiger partial charge in [0.05, 0.1) is 17.5 Å². The first-order valence-electron chi connectivity index (χ1n) is 19.8. The van der Waals surface area contributed by atoms with Gasteiger partial charge in [-0.2, -0.15) is 0 Å².